The van der Waals surface area contributed by atoms with E-state index in [1.807, 2.05) is 30.3 Å². The molecule has 2 heteroatoms. The molecule has 0 amide bonds. The summed E-state index contributed by atoms with van der Waals surface area (Å²) in [7, 11) is 0. The van der Waals surface area contributed by atoms with Gasteiger partial charge in [-0.2, -0.15) is 0 Å². The highest BCUT2D eigenvalue weighted by Gasteiger charge is 2.33. The van der Waals surface area contributed by atoms with Crippen LogP contribution in [0.25, 0.3) is 0 Å². The van der Waals surface area contributed by atoms with E-state index < -0.39 is 0 Å². The molecule has 1 saturated carbocycles. The number of hydrogen-bond donors (Lipinski definition) is 0. The Labute approximate surface area is 102 Å². The topological polar surface area (TPSA) is 34.1 Å². The van der Waals surface area contributed by atoms with Crippen LogP contribution in [0.1, 0.15) is 44.1 Å². The molecule has 2 unspecified atom stereocenters. The summed E-state index contributed by atoms with van der Waals surface area (Å²) in [4.78, 5) is 23.8. The van der Waals surface area contributed by atoms with Crippen molar-refractivity contribution in [3.63, 3.8) is 0 Å². The molecule has 0 heterocycles. The predicted octanol–water partition coefficient (Wildman–Crippen LogP) is 3.12. The average molecular weight is 230 g/mol. The van der Waals surface area contributed by atoms with Crippen molar-refractivity contribution in [3.05, 3.63) is 35.9 Å². The highest BCUT2D eigenvalue weighted by Crippen LogP contribution is 2.34. The van der Waals surface area contributed by atoms with Gasteiger partial charge in [-0.3, -0.25) is 9.59 Å². The first-order valence-electron chi connectivity index (χ1n) is 6.28. The Morgan fingerprint density at radius 3 is 2.53 bits per heavy atom. The van der Waals surface area contributed by atoms with Crippen molar-refractivity contribution in [2.75, 3.05) is 0 Å². The molecule has 0 spiro atoms. The third-order valence-electron chi connectivity index (χ3n) is 3.60. The van der Waals surface area contributed by atoms with Crippen LogP contribution in [0.4, 0.5) is 0 Å². The number of carbonyl (C=O) groups is 2. The fraction of sp³-hybridized carbons (Fsp3) is 0.467. The van der Waals surface area contributed by atoms with Crippen LogP contribution in [0.5, 0.6) is 0 Å². The number of ketones is 2. The monoisotopic (exact) mass is 230 g/mol. The summed E-state index contributed by atoms with van der Waals surface area (Å²) in [6.07, 6.45) is 3.54. The van der Waals surface area contributed by atoms with Crippen molar-refractivity contribution in [2.24, 2.45) is 5.92 Å². The first-order valence-corrected chi connectivity index (χ1v) is 6.28. The van der Waals surface area contributed by atoms with Crippen LogP contribution in [-0.2, 0) is 9.59 Å². The second-order valence-corrected chi connectivity index (χ2v) is 4.82. The van der Waals surface area contributed by atoms with Crippen LogP contribution in [0, 0.1) is 5.92 Å². The normalized spacial score (nSPS) is 22.2. The fourth-order valence-corrected chi connectivity index (χ4v) is 2.77. The third-order valence-corrected chi connectivity index (χ3v) is 3.60. The Morgan fingerprint density at radius 2 is 1.94 bits per heavy atom. The van der Waals surface area contributed by atoms with E-state index in [-0.39, 0.29) is 23.4 Å². The molecule has 0 bridgehead atoms. The SMILES string of the molecule is CC(=O)C(c1ccccc1)C1CCCCC1=O. The number of Topliss-reactive ketones (excluding diaryl/α,β-unsaturated/α-hetero) is 2. The van der Waals surface area contributed by atoms with Crippen LogP contribution >= 0.6 is 0 Å². The van der Waals surface area contributed by atoms with Gasteiger partial charge in [-0.05, 0) is 25.3 Å². The van der Waals surface area contributed by atoms with Crippen molar-refractivity contribution in [1.29, 1.82) is 0 Å². The molecular weight excluding hydrogens is 212 g/mol. The Morgan fingerprint density at radius 1 is 1.24 bits per heavy atom. The maximum Gasteiger partial charge on any atom is 0.137 e. The first-order chi connectivity index (χ1) is 8.20. The van der Waals surface area contributed by atoms with Gasteiger partial charge in [-0.15, -0.1) is 0 Å². The molecule has 0 saturated heterocycles. The second-order valence-electron chi connectivity index (χ2n) is 4.82. The van der Waals surface area contributed by atoms with Crippen molar-refractivity contribution < 1.29 is 9.59 Å². The molecule has 2 atom stereocenters. The van der Waals surface area contributed by atoms with E-state index in [1.165, 1.54) is 0 Å². The smallest absolute Gasteiger partial charge is 0.137 e. The summed E-state index contributed by atoms with van der Waals surface area (Å²) < 4.78 is 0. The van der Waals surface area contributed by atoms with E-state index in [2.05, 4.69) is 0 Å². The maximum atomic E-state index is 12.0. The summed E-state index contributed by atoms with van der Waals surface area (Å²) in [5.41, 5.74) is 0.986. The molecule has 0 N–H and O–H groups in total. The zero-order valence-corrected chi connectivity index (χ0v) is 10.2. The highest BCUT2D eigenvalue weighted by atomic mass is 16.1. The van der Waals surface area contributed by atoms with Gasteiger partial charge in [0.1, 0.15) is 11.6 Å². The third kappa shape index (κ3) is 2.63. The standard InChI is InChI=1S/C15H18O2/c1-11(16)15(12-7-3-2-4-8-12)13-9-5-6-10-14(13)17/h2-4,7-8,13,15H,5-6,9-10H2,1H3. The minimum Gasteiger partial charge on any atom is -0.299 e. The molecule has 0 radical (unpaired) electrons. The minimum atomic E-state index is -0.232. The lowest BCUT2D eigenvalue weighted by Gasteiger charge is -2.27. The van der Waals surface area contributed by atoms with Crippen molar-refractivity contribution in [3.8, 4) is 0 Å². The van der Waals surface area contributed by atoms with Gasteiger partial charge in [0.2, 0.25) is 0 Å². The first kappa shape index (κ1) is 12.0. The molecule has 1 fully saturated rings. The lowest BCUT2D eigenvalue weighted by molar-refractivity contribution is -0.130. The van der Waals surface area contributed by atoms with Crippen molar-refractivity contribution >= 4 is 11.6 Å². The molecule has 17 heavy (non-hydrogen) atoms. The van der Waals surface area contributed by atoms with E-state index in [9.17, 15) is 9.59 Å². The molecule has 1 aliphatic rings. The van der Waals surface area contributed by atoms with Gasteiger partial charge < -0.3 is 0 Å². The minimum absolute atomic E-state index is 0.0938. The van der Waals surface area contributed by atoms with Crippen molar-refractivity contribution in [2.45, 2.75) is 38.5 Å². The molecule has 90 valence electrons. The molecule has 0 aromatic heterocycles. The summed E-state index contributed by atoms with van der Waals surface area (Å²) >= 11 is 0. The Balaban J connectivity index is 2.29. The van der Waals surface area contributed by atoms with Gasteiger partial charge in [0.15, 0.2) is 0 Å². The molecular formula is C15H18O2. The lowest BCUT2D eigenvalue weighted by Crippen LogP contribution is -2.29. The number of carbonyl (C=O) groups excluding carboxylic acids is 2. The van der Waals surface area contributed by atoms with E-state index in [0.717, 1.165) is 24.8 Å². The summed E-state index contributed by atoms with van der Waals surface area (Å²) in [6.45, 7) is 1.60. The van der Waals surface area contributed by atoms with Gasteiger partial charge in [0.05, 0.1) is 5.92 Å². The predicted molar refractivity (Wildman–Crippen MR) is 66.8 cm³/mol. The molecule has 1 aromatic carbocycles. The summed E-state index contributed by atoms with van der Waals surface area (Å²) in [5.74, 6) is 0.0457. The molecule has 1 aromatic rings. The average Bonchev–Trinajstić information content (AvgIpc) is 2.33. The highest BCUT2D eigenvalue weighted by molar-refractivity contribution is 5.92. The zero-order valence-electron chi connectivity index (χ0n) is 10.2. The van der Waals surface area contributed by atoms with Gasteiger partial charge in [-0.1, -0.05) is 36.8 Å². The summed E-state index contributed by atoms with van der Waals surface area (Å²) in [5, 5.41) is 0. The van der Waals surface area contributed by atoms with Crippen molar-refractivity contribution in [1.82, 2.24) is 0 Å². The van der Waals surface area contributed by atoms with Crippen LogP contribution in [0.3, 0.4) is 0 Å². The molecule has 2 rings (SSSR count). The second kappa shape index (κ2) is 5.26. The fourth-order valence-electron chi connectivity index (χ4n) is 2.77. The Kier molecular flexibility index (Phi) is 3.72. The van der Waals surface area contributed by atoms with Crippen LogP contribution in [-0.4, -0.2) is 11.6 Å². The Bertz CT molecular complexity index is 408. The van der Waals surface area contributed by atoms with Crippen LogP contribution in [0.2, 0.25) is 0 Å². The number of rotatable bonds is 3. The number of benzene rings is 1. The van der Waals surface area contributed by atoms with Gasteiger partial charge in [-0.25, -0.2) is 0 Å². The van der Waals surface area contributed by atoms with Gasteiger partial charge >= 0.3 is 0 Å². The van der Waals surface area contributed by atoms with Crippen LogP contribution < -0.4 is 0 Å². The number of hydrogen-bond acceptors (Lipinski definition) is 2. The molecule has 0 aliphatic heterocycles. The van der Waals surface area contributed by atoms with E-state index in [4.69, 9.17) is 0 Å². The maximum absolute atomic E-state index is 12.0. The van der Waals surface area contributed by atoms with E-state index >= 15 is 0 Å². The van der Waals surface area contributed by atoms with Gasteiger partial charge in [0, 0.05) is 12.3 Å². The molecule has 2 nitrogen and oxygen atoms in total. The largest absolute Gasteiger partial charge is 0.299 e. The van der Waals surface area contributed by atoms with E-state index in [0.29, 0.717) is 6.42 Å². The lowest BCUT2D eigenvalue weighted by atomic mass is 9.74. The summed E-state index contributed by atoms with van der Waals surface area (Å²) in [6, 6.07) is 9.70. The van der Waals surface area contributed by atoms with E-state index in [1.54, 1.807) is 6.92 Å². The molecule has 1 aliphatic carbocycles. The Hall–Kier alpha value is -1.44. The van der Waals surface area contributed by atoms with Gasteiger partial charge in [0.25, 0.3) is 0 Å². The quantitative estimate of drug-likeness (QED) is 0.799. The van der Waals surface area contributed by atoms with Crippen LogP contribution in [0.15, 0.2) is 30.3 Å². The zero-order chi connectivity index (χ0) is 12.3.